The van der Waals surface area contributed by atoms with Gasteiger partial charge in [0.15, 0.2) is 0 Å². The smallest absolute Gasteiger partial charge is 0.149 e. The SMILES string of the molecule is CCC(=O)C1C(C)CCN1C(C)(C)C. The largest absolute Gasteiger partial charge is 0.298 e. The lowest BCUT2D eigenvalue weighted by Crippen LogP contribution is -2.49. The zero-order valence-electron chi connectivity index (χ0n) is 10.1. The van der Waals surface area contributed by atoms with E-state index in [0.29, 0.717) is 18.1 Å². The summed E-state index contributed by atoms with van der Waals surface area (Å²) in [4.78, 5) is 14.2. The molecule has 0 amide bonds. The lowest BCUT2D eigenvalue weighted by atomic mass is 9.95. The van der Waals surface area contributed by atoms with Gasteiger partial charge in [0, 0.05) is 12.0 Å². The molecule has 0 radical (unpaired) electrons. The van der Waals surface area contributed by atoms with Crippen LogP contribution < -0.4 is 0 Å². The van der Waals surface area contributed by atoms with Crippen LogP contribution in [0.15, 0.2) is 0 Å². The number of nitrogens with zero attached hydrogens (tertiary/aromatic N) is 1. The first kappa shape index (κ1) is 11.7. The molecule has 1 fully saturated rings. The highest BCUT2D eigenvalue weighted by atomic mass is 16.1. The van der Waals surface area contributed by atoms with Crippen LogP contribution in [0.2, 0.25) is 0 Å². The molecule has 0 spiro atoms. The molecule has 2 nitrogen and oxygen atoms in total. The highest BCUT2D eigenvalue weighted by Crippen LogP contribution is 2.31. The first-order valence-corrected chi connectivity index (χ1v) is 5.67. The summed E-state index contributed by atoms with van der Waals surface area (Å²) in [6.45, 7) is 11.8. The van der Waals surface area contributed by atoms with Crippen molar-refractivity contribution in [1.29, 1.82) is 0 Å². The van der Waals surface area contributed by atoms with Crippen LogP contribution in [0.5, 0.6) is 0 Å². The molecule has 14 heavy (non-hydrogen) atoms. The Morgan fingerprint density at radius 1 is 1.43 bits per heavy atom. The van der Waals surface area contributed by atoms with Crippen molar-refractivity contribution in [2.24, 2.45) is 5.92 Å². The van der Waals surface area contributed by atoms with Crippen molar-refractivity contribution in [2.75, 3.05) is 6.54 Å². The van der Waals surface area contributed by atoms with Crippen LogP contribution in [-0.4, -0.2) is 28.8 Å². The van der Waals surface area contributed by atoms with E-state index < -0.39 is 0 Å². The molecule has 2 unspecified atom stereocenters. The van der Waals surface area contributed by atoms with E-state index in [-0.39, 0.29) is 11.6 Å². The number of Topliss-reactive ketones (excluding diaryl/α,β-unsaturated/α-hetero) is 1. The second-order valence-corrected chi connectivity index (χ2v) is 5.39. The van der Waals surface area contributed by atoms with Crippen LogP contribution in [0.25, 0.3) is 0 Å². The highest BCUT2D eigenvalue weighted by Gasteiger charge is 2.40. The average molecular weight is 197 g/mol. The second-order valence-electron chi connectivity index (χ2n) is 5.39. The second kappa shape index (κ2) is 4.01. The number of likely N-dealkylation sites (tertiary alicyclic amines) is 1. The van der Waals surface area contributed by atoms with Crippen molar-refractivity contribution in [3.8, 4) is 0 Å². The van der Waals surface area contributed by atoms with Crippen molar-refractivity contribution in [2.45, 2.75) is 59.0 Å². The molecule has 1 saturated heterocycles. The molecule has 2 heteroatoms. The van der Waals surface area contributed by atoms with Gasteiger partial charge in [0.05, 0.1) is 6.04 Å². The first-order valence-electron chi connectivity index (χ1n) is 5.67. The van der Waals surface area contributed by atoms with Crippen molar-refractivity contribution < 1.29 is 4.79 Å². The van der Waals surface area contributed by atoms with E-state index in [0.717, 1.165) is 13.0 Å². The molecule has 1 aliphatic heterocycles. The summed E-state index contributed by atoms with van der Waals surface area (Å²) >= 11 is 0. The van der Waals surface area contributed by atoms with Crippen LogP contribution in [0.3, 0.4) is 0 Å². The minimum atomic E-state index is 0.125. The zero-order chi connectivity index (χ0) is 10.9. The Morgan fingerprint density at radius 3 is 2.43 bits per heavy atom. The average Bonchev–Trinajstić information content (AvgIpc) is 2.45. The maximum Gasteiger partial charge on any atom is 0.149 e. The van der Waals surface area contributed by atoms with Crippen molar-refractivity contribution in [3.05, 3.63) is 0 Å². The number of carbonyl (C=O) groups excluding carboxylic acids is 1. The normalized spacial score (nSPS) is 29.5. The maximum atomic E-state index is 11.8. The summed E-state index contributed by atoms with van der Waals surface area (Å²) < 4.78 is 0. The van der Waals surface area contributed by atoms with E-state index in [2.05, 4.69) is 32.6 Å². The van der Waals surface area contributed by atoms with Gasteiger partial charge in [-0.25, -0.2) is 0 Å². The Labute approximate surface area is 87.7 Å². The van der Waals surface area contributed by atoms with Gasteiger partial charge < -0.3 is 0 Å². The predicted molar refractivity (Wildman–Crippen MR) is 59.3 cm³/mol. The van der Waals surface area contributed by atoms with Gasteiger partial charge in [0.2, 0.25) is 0 Å². The Balaban J connectivity index is 2.82. The molecular formula is C12H23NO. The molecule has 0 aliphatic carbocycles. The fourth-order valence-electron chi connectivity index (χ4n) is 2.40. The van der Waals surface area contributed by atoms with Crippen LogP contribution in [-0.2, 0) is 4.79 Å². The number of hydrogen-bond acceptors (Lipinski definition) is 2. The summed E-state index contributed by atoms with van der Waals surface area (Å²) in [5.74, 6) is 0.937. The molecule has 0 N–H and O–H groups in total. The lowest BCUT2D eigenvalue weighted by Gasteiger charge is -2.37. The molecule has 82 valence electrons. The topological polar surface area (TPSA) is 20.3 Å². The number of hydrogen-bond donors (Lipinski definition) is 0. The van der Waals surface area contributed by atoms with Crippen LogP contribution in [0.1, 0.15) is 47.5 Å². The van der Waals surface area contributed by atoms with Gasteiger partial charge >= 0.3 is 0 Å². The predicted octanol–water partition coefficient (Wildman–Crippen LogP) is 2.47. The van der Waals surface area contributed by atoms with E-state index in [1.54, 1.807) is 0 Å². The highest BCUT2D eigenvalue weighted by molar-refractivity contribution is 5.84. The summed E-state index contributed by atoms with van der Waals surface area (Å²) in [6.07, 6.45) is 1.83. The van der Waals surface area contributed by atoms with E-state index in [1.165, 1.54) is 0 Å². The Morgan fingerprint density at radius 2 is 2.00 bits per heavy atom. The van der Waals surface area contributed by atoms with Crippen molar-refractivity contribution in [3.63, 3.8) is 0 Å². The van der Waals surface area contributed by atoms with Gasteiger partial charge in [-0.15, -0.1) is 0 Å². The van der Waals surface area contributed by atoms with Crippen LogP contribution in [0, 0.1) is 5.92 Å². The molecule has 1 aliphatic rings. The third kappa shape index (κ3) is 2.17. The summed E-state index contributed by atoms with van der Waals surface area (Å²) in [7, 11) is 0. The first-order chi connectivity index (χ1) is 6.38. The molecule has 0 aromatic heterocycles. The molecular weight excluding hydrogens is 174 g/mol. The maximum absolute atomic E-state index is 11.8. The number of carbonyl (C=O) groups is 1. The fourth-order valence-corrected chi connectivity index (χ4v) is 2.40. The standard InChI is InChI=1S/C12H23NO/c1-6-10(14)11-9(2)7-8-13(11)12(3,4)5/h9,11H,6-8H2,1-5H3. The Kier molecular flexibility index (Phi) is 3.36. The van der Waals surface area contributed by atoms with Gasteiger partial charge in [-0.1, -0.05) is 13.8 Å². The van der Waals surface area contributed by atoms with E-state index in [4.69, 9.17) is 0 Å². The Bertz CT molecular complexity index is 217. The van der Waals surface area contributed by atoms with E-state index >= 15 is 0 Å². The molecule has 2 atom stereocenters. The van der Waals surface area contributed by atoms with Crippen LogP contribution >= 0.6 is 0 Å². The molecule has 0 saturated carbocycles. The van der Waals surface area contributed by atoms with Gasteiger partial charge in [0.25, 0.3) is 0 Å². The van der Waals surface area contributed by atoms with Gasteiger partial charge in [0.1, 0.15) is 5.78 Å². The summed E-state index contributed by atoms with van der Waals surface area (Å²) in [5.41, 5.74) is 0.125. The molecule has 1 heterocycles. The van der Waals surface area contributed by atoms with Crippen molar-refractivity contribution in [1.82, 2.24) is 4.90 Å². The lowest BCUT2D eigenvalue weighted by molar-refractivity contribution is -0.125. The minimum Gasteiger partial charge on any atom is -0.298 e. The molecule has 0 bridgehead atoms. The fraction of sp³-hybridized carbons (Fsp3) is 0.917. The molecule has 0 aromatic carbocycles. The summed E-state index contributed by atoms with van der Waals surface area (Å²) in [5, 5.41) is 0. The van der Waals surface area contributed by atoms with E-state index in [9.17, 15) is 4.79 Å². The van der Waals surface area contributed by atoms with Gasteiger partial charge in [-0.2, -0.15) is 0 Å². The number of rotatable bonds is 2. The summed E-state index contributed by atoms with van der Waals surface area (Å²) in [6, 6.07) is 0.167. The Hall–Kier alpha value is -0.370. The van der Waals surface area contributed by atoms with Crippen LogP contribution in [0.4, 0.5) is 0 Å². The zero-order valence-corrected chi connectivity index (χ0v) is 10.1. The quantitative estimate of drug-likeness (QED) is 0.678. The van der Waals surface area contributed by atoms with Gasteiger partial charge in [-0.05, 0) is 39.7 Å². The third-order valence-electron chi connectivity index (χ3n) is 3.24. The molecule has 0 aromatic rings. The third-order valence-corrected chi connectivity index (χ3v) is 3.24. The van der Waals surface area contributed by atoms with Crippen molar-refractivity contribution >= 4 is 5.78 Å². The molecule has 1 rings (SSSR count). The van der Waals surface area contributed by atoms with Gasteiger partial charge in [-0.3, -0.25) is 9.69 Å². The number of ketones is 1. The minimum absolute atomic E-state index is 0.125. The monoisotopic (exact) mass is 197 g/mol. The van der Waals surface area contributed by atoms with E-state index in [1.807, 2.05) is 6.92 Å².